The lowest BCUT2D eigenvalue weighted by atomic mass is 10.1. The van der Waals surface area contributed by atoms with Crippen molar-refractivity contribution in [1.82, 2.24) is 10.2 Å². The first-order chi connectivity index (χ1) is 8.13. The van der Waals surface area contributed by atoms with Crippen LogP contribution in [0.15, 0.2) is 16.8 Å². The number of hydrogen-bond donors (Lipinski definition) is 1. The maximum Gasteiger partial charge on any atom is 0.241 e. The number of rotatable bonds is 4. The first-order valence-electron chi connectivity index (χ1n) is 6.22. The molecule has 2 rings (SSSR count). The number of thiophene rings is 1. The summed E-state index contributed by atoms with van der Waals surface area (Å²) in [4.78, 5) is 14.1. The summed E-state index contributed by atoms with van der Waals surface area (Å²) < 4.78 is 0. The van der Waals surface area contributed by atoms with E-state index in [9.17, 15) is 4.79 Å². The minimum absolute atomic E-state index is 0.0658. The Labute approximate surface area is 107 Å². The van der Waals surface area contributed by atoms with Crippen LogP contribution in [0.25, 0.3) is 0 Å². The van der Waals surface area contributed by atoms with E-state index < -0.39 is 0 Å². The minimum atomic E-state index is -0.0658. The van der Waals surface area contributed by atoms with Crippen molar-refractivity contribution in [2.24, 2.45) is 5.92 Å². The molecule has 1 N–H and O–H groups in total. The molecule has 0 aromatic carbocycles. The van der Waals surface area contributed by atoms with E-state index in [2.05, 4.69) is 36.0 Å². The van der Waals surface area contributed by atoms with E-state index in [0.29, 0.717) is 5.92 Å². The summed E-state index contributed by atoms with van der Waals surface area (Å²) in [5.41, 5.74) is 1.20. The SMILES string of the molecule is CCC(C)CN1C(=O)C(C)NC1c1ccsc1. The highest BCUT2D eigenvalue weighted by molar-refractivity contribution is 7.07. The summed E-state index contributed by atoms with van der Waals surface area (Å²) in [6, 6.07) is 2.03. The molecule has 0 aliphatic carbocycles. The molecular formula is C13H20N2OS. The fourth-order valence-electron chi connectivity index (χ4n) is 2.14. The Balaban J connectivity index is 2.16. The quantitative estimate of drug-likeness (QED) is 0.893. The maximum atomic E-state index is 12.1. The summed E-state index contributed by atoms with van der Waals surface area (Å²) in [7, 11) is 0. The Morgan fingerprint density at radius 1 is 1.59 bits per heavy atom. The Kier molecular flexibility index (Phi) is 3.84. The van der Waals surface area contributed by atoms with E-state index in [1.165, 1.54) is 5.56 Å². The molecule has 3 atom stereocenters. The van der Waals surface area contributed by atoms with E-state index >= 15 is 0 Å². The maximum absolute atomic E-state index is 12.1. The average Bonchev–Trinajstić information content (AvgIpc) is 2.92. The second-order valence-electron chi connectivity index (χ2n) is 4.85. The van der Waals surface area contributed by atoms with Crippen molar-refractivity contribution in [3.05, 3.63) is 22.4 Å². The van der Waals surface area contributed by atoms with E-state index in [-0.39, 0.29) is 18.1 Å². The first-order valence-corrected chi connectivity index (χ1v) is 7.16. The molecule has 3 unspecified atom stereocenters. The molecule has 94 valence electrons. The first kappa shape index (κ1) is 12.6. The fourth-order valence-corrected chi connectivity index (χ4v) is 2.82. The molecule has 0 spiro atoms. The highest BCUT2D eigenvalue weighted by Gasteiger charge is 2.37. The molecule has 17 heavy (non-hydrogen) atoms. The van der Waals surface area contributed by atoms with Gasteiger partial charge in [0.2, 0.25) is 5.91 Å². The number of hydrogen-bond acceptors (Lipinski definition) is 3. The van der Waals surface area contributed by atoms with Gasteiger partial charge >= 0.3 is 0 Å². The number of nitrogens with one attached hydrogen (secondary N) is 1. The van der Waals surface area contributed by atoms with Gasteiger partial charge in [0, 0.05) is 6.54 Å². The molecule has 1 aliphatic heterocycles. The standard InChI is InChI=1S/C13H20N2OS/c1-4-9(2)7-15-12(11-5-6-17-8-11)14-10(3)13(15)16/h5-6,8-10,12,14H,4,7H2,1-3H3. The summed E-state index contributed by atoms with van der Waals surface area (Å²) in [5.74, 6) is 0.772. The number of carbonyl (C=O) groups excluding carboxylic acids is 1. The van der Waals surface area contributed by atoms with E-state index in [0.717, 1.165) is 13.0 Å². The number of amides is 1. The molecule has 0 radical (unpaired) electrons. The highest BCUT2D eigenvalue weighted by atomic mass is 32.1. The normalized spacial score (nSPS) is 26.5. The lowest BCUT2D eigenvalue weighted by Gasteiger charge is -2.26. The molecule has 0 bridgehead atoms. The van der Waals surface area contributed by atoms with Crippen molar-refractivity contribution >= 4 is 17.2 Å². The topological polar surface area (TPSA) is 32.3 Å². The van der Waals surface area contributed by atoms with Crippen LogP contribution in [0, 0.1) is 5.92 Å². The fraction of sp³-hybridized carbons (Fsp3) is 0.615. The third-order valence-electron chi connectivity index (χ3n) is 3.44. The third kappa shape index (κ3) is 2.53. The largest absolute Gasteiger partial charge is 0.321 e. The predicted molar refractivity (Wildman–Crippen MR) is 70.8 cm³/mol. The van der Waals surface area contributed by atoms with Gasteiger partial charge in [0.25, 0.3) is 0 Å². The molecule has 2 heterocycles. The summed E-state index contributed by atoms with van der Waals surface area (Å²) in [6.45, 7) is 7.15. The molecular weight excluding hydrogens is 232 g/mol. The Bertz CT molecular complexity index is 377. The van der Waals surface area contributed by atoms with Crippen molar-refractivity contribution < 1.29 is 4.79 Å². The second kappa shape index (κ2) is 5.19. The van der Waals surface area contributed by atoms with Crippen LogP contribution in [0.2, 0.25) is 0 Å². The zero-order valence-corrected chi connectivity index (χ0v) is 11.5. The number of carbonyl (C=O) groups is 1. The number of nitrogens with zero attached hydrogens (tertiary/aromatic N) is 1. The van der Waals surface area contributed by atoms with E-state index in [1.807, 2.05) is 11.8 Å². The molecule has 1 amide bonds. The summed E-state index contributed by atoms with van der Waals surface area (Å²) in [6.07, 6.45) is 1.17. The van der Waals surface area contributed by atoms with Crippen LogP contribution in [0.3, 0.4) is 0 Å². The zero-order valence-electron chi connectivity index (χ0n) is 10.6. The van der Waals surface area contributed by atoms with Gasteiger partial charge < -0.3 is 4.90 Å². The Hall–Kier alpha value is -0.870. The van der Waals surface area contributed by atoms with Gasteiger partial charge in [-0.15, -0.1) is 0 Å². The van der Waals surface area contributed by atoms with Gasteiger partial charge in [0.15, 0.2) is 0 Å². The lowest BCUT2D eigenvalue weighted by molar-refractivity contribution is -0.130. The van der Waals surface area contributed by atoms with Crippen molar-refractivity contribution in [3.8, 4) is 0 Å². The summed E-state index contributed by atoms with van der Waals surface area (Å²) >= 11 is 1.68. The highest BCUT2D eigenvalue weighted by Crippen LogP contribution is 2.27. The molecule has 1 aromatic heterocycles. The van der Waals surface area contributed by atoms with Crippen LogP contribution in [-0.2, 0) is 4.79 Å². The lowest BCUT2D eigenvalue weighted by Crippen LogP contribution is -2.34. The molecule has 1 aliphatic rings. The van der Waals surface area contributed by atoms with Gasteiger partial charge in [-0.2, -0.15) is 11.3 Å². The van der Waals surface area contributed by atoms with Crippen LogP contribution in [0.5, 0.6) is 0 Å². The van der Waals surface area contributed by atoms with Crippen LogP contribution >= 0.6 is 11.3 Å². The molecule has 4 heteroatoms. The zero-order chi connectivity index (χ0) is 12.4. The summed E-state index contributed by atoms with van der Waals surface area (Å²) in [5, 5.41) is 7.55. The third-order valence-corrected chi connectivity index (χ3v) is 4.14. The van der Waals surface area contributed by atoms with Crippen molar-refractivity contribution in [2.45, 2.75) is 39.4 Å². The van der Waals surface area contributed by atoms with Gasteiger partial charge in [-0.1, -0.05) is 20.3 Å². The molecule has 3 nitrogen and oxygen atoms in total. The monoisotopic (exact) mass is 252 g/mol. The smallest absolute Gasteiger partial charge is 0.241 e. The van der Waals surface area contributed by atoms with Gasteiger partial charge in [-0.3, -0.25) is 10.1 Å². The molecule has 0 saturated carbocycles. The Morgan fingerprint density at radius 2 is 2.35 bits per heavy atom. The Morgan fingerprint density at radius 3 is 2.94 bits per heavy atom. The van der Waals surface area contributed by atoms with Crippen molar-refractivity contribution in [1.29, 1.82) is 0 Å². The van der Waals surface area contributed by atoms with Crippen molar-refractivity contribution in [3.63, 3.8) is 0 Å². The predicted octanol–water partition coefficient (Wildman–Crippen LogP) is 2.61. The van der Waals surface area contributed by atoms with E-state index in [1.54, 1.807) is 11.3 Å². The molecule has 1 saturated heterocycles. The minimum Gasteiger partial charge on any atom is -0.321 e. The average molecular weight is 252 g/mol. The van der Waals surface area contributed by atoms with Gasteiger partial charge in [0.1, 0.15) is 6.17 Å². The van der Waals surface area contributed by atoms with Gasteiger partial charge in [-0.05, 0) is 35.2 Å². The molecule has 1 aromatic rings. The van der Waals surface area contributed by atoms with Gasteiger partial charge in [0.05, 0.1) is 6.04 Å². The van der Waals surface area contributed by atoms with Crippen molar-refractivity contribution in [2.75, 3.05) is 6.54 Å². The van der Waals surface area contributed by atoms with E-state index in [4.69, 9.17) is 0 Å². The molecule has 1 fully saturated rings. The van der Waals surface area contributed by atoms with Crippen LogP contribution in [0.4, 0.5) is 0 Å². The van der Waals surface area contributed by atoms with Crippen LogP contribution in [-0.4, -0.2) is 23.4 Å². The van der Waals surface area contributed by atoms with Crippen LogP contribution in [0.1, 0.15) is 38.9 Å². The van der Waals surface area contributed by atoms with Crippen LogP contribution < -0.4 is 5.32 Å². The van der Waals surface area contributed by atoms with Gasteiger partial charge in [-0.25, -0.2) is 0 Å². The second-order valence-corrected chi connectivity index (χ2v) is 5.63.